The highest BCUT2D eigenvalue weighted by Gasteiger charge is 2.32. The third kappa shape index (κ3) is 12.9. The Morgan fingerprint density at radius 1 is 0.810 bits per heavy atom. The van der Waals surface area contributed by atoms with Gasteiger partial charge in [0.05, 0.1) is 6.04 Å². The van der Waals surface area contributed by atoms with Crippen LogP contribution in [0, 0.1) is 5.92 Å². The molecule has 0 spiro atoms. The SMILES string of the molecule is NCCCCC(NC(=O)C(CC1CCCC1)NC(=O)C(CCCN=C(N)N)NC(=O)C(N)Cc1ccccc1)C(N)=O. The van der Waals surface area contributed by atoms with Crippen LogP contribution in [0.3, 0.4) is 0 Å². The van der Waals surface area contributed by atoms with Gasteiger partial charge in [-0.3, -0.25) is 24.2 Å². The van der Waals surface area contributed by atoms with Crippen molar-refractivity contribution in [2.45, 2.75) is 94.8 Å². The molecular formula is C29H49N9O4. The van der Waals surface area contributed by atoms with Gasteiger partial charge in [0.1, 0.15) is 18.1 Å². The first-order chi connectivity index (χ1) is 20.1. The molecule has 13 N–H and O–H groups in total. The second kappa shape index (κ2) is 18.7. The fraction of sp³-hybridized carbons (Fsp3) is 0.621. The van der Waals surface area contributed by atoms with Crippen molar-refractivity contribution in [2.75, 3.05) is 13.1 Å². The van der Waals surface area contributed by atoms with Gasteiger partial charge < -0.3 is 44.6 Å². The van der Waals surface area contributed by atoms with Crippen LogP contribution in [0.5, 0.6) is 0 Å². The number of aliphatic imine (C=N–C) groups is 1. The third-order valence-electron chi connectivity index (χ3n) is 7.50. The number of unbranched alkanes of at least 4 members (excludes halogenated alkanes) is 1. The highest BCUT2D eigenvalue weighted by molar-refractivity contribution is 5.94. The number of carbonyl (C=O) groups is 4. The lowest BCUT2D eigenvalue weighted by molar-refractivity contribution is -0.134. The summed E-state index contributed by atoms with van der Waals surface area (Å²) >= 11 is 0. The van der Waals surface area contributed by atoms with Crippen LogP contribution in [-0.4, -0.2) is 66.8 Å². The predicted molar refractivity (Wildman–Crippen MR) is 162 cm³/mol. The van der Waals surface area contributed by atoms with E-state index in [4.69, 9.17) is 28.7 Å². The average Bonchev–Trinajstić information content (AvgIpc) is 3.47. The standard InChI is InChI=1S/C29H49N9O4/c30-15-7-6-13-22(25(32)39)36-28(42)24(18-20-11-4-5-12-20)38-27(41)23(14-8-16-35-29(33)34)37-26(40)21(31)17-19-9-2-1-3-10-19/h1-3,9-10,20-24H,4-8,11-18,30-31H2,(H2,32,39)(H,36,42)(H,37,40)(H,38,41)(H4,33,34,35). The molecule has 0 radical (unpaired) electrons. The van der Waals surface area contributed by atoms with Gasteiger partial charge in [-0.05, 0) is 63.0 Å². The van der Waals surface area contributed by atoms with Gasteiger partial charge in [0.15, 0.2) is 5.96 Å². The van der Waals surface area contributed by atoms with Crippen molar-refractivity contribution >= 4 is 29.6 Å². The van der Waals surface area contributed by atoms with E-state index in [2.05, 4.69) is 20.9 Å². The summed E-state index contributed by atoms with van der Waals surface area (Å²) in [6, 6.07) is 5.67. The number of benzene rings is 1. The van der Waals surface area contributed by atoms with Crippen molar-refractivity contribution in [3.05, 3.63) is 35.9 Å². The van der Waals surface area contributed by atoms with Gasteiger partial charge in [0.2, 0.25) is 23.6 Å². The summed E-state index contributed by atoms with van der Waals surface area (Å²) in [6.45, 7) is 0.720. The minimum atomic E-state index is -0.983. The topological polar surface area (TPSA) is 247 Å². The van der Waals surface area contributed by atoms with Crippen molar-refractivity contribution in [2.24, 2.45) is 39.6 Å². The Hall–Kier alpha value is -3.71. The zero-order chi connectivity index (χ0) is 30.9. The number of guanidine groups is 1. The van der Waals surface area contributed by atoms with Gasteiger partial charge in [0, 0.05) is 6.54 Å². The van der Waals surface area contributed by atoms with E-state index in [9.17, 15) is 19.2 Å². The van der Waals surface area contributed by atoms with E-state index in [1.807, 2.05) is 30.3 Å². The summed E-state index contributed by atoms with van der Waals surface area (Å²) in [6.07, 6.45) is 6.98. The van der Waals surface area contributed by atoms with E-state index in [0.29, 0.717) is 45.1 Å². The first kappa shape index (κ1) is 34.5. The number of nitrogens with two attached hydrogens (primary N) is 5. The maximum absolute atomic E-state index is 13.6. The van der Waals surface area contributed by atoms with Gasteiger partial charge in [-0.25, -0.2) is 0 Å². The Morgan fingerprint density at radius 3 is 2.02 bits per heavy atom. The molecule has 0 bridgehead atoms. The molecule has 0 aromatic heterocycles. The van der Waals surface area contributed by atoms with Crippen LogP contribution in [0.25, 0.3) is 0 Å². The quantitative estimate of drug-likeness (QED) is 0.0580. The van der Waals surface area contributed by atoms with Gasteiger partial charge >= 0.3 is 0 Å². The fourth-order valence-electron chi connectivity index (χ4n) is 5.15. The average molecular weight is 588 g/mol. The zero-order valence-electron chi connectivity index (χ0n) is 24.4. The number of primary amides is 1. The lowest BCUT2D eigenvalue weighted by atomic mass is 9.96. The molecule has 4 atom stereocenters. The molecule has 4 unspecified atom stereocenters. The number of carbonyl (C=O) groups excluding carboxylic acids is 4. The first-order valence-corrected chi connectivity index (χ1v) is 14.9. The third-order valence-corrected chi connectivity index (χ3v) is 7.50. The van der Waals surface area contributed by atoms with Crippen LogP contribution < -0.4 is 44.6 Å². The van der Waals surface area contributed by atoms with Gasteiger partial charge in [-0.2, -0.15) is 0 Å². The Morgan fingerprint density at radius 2 is 1.40 bits per heavy atom. The molecule has 0 saturated heterocycles. The van der Waals surface area contributed by atoms with Crippen LogP contribution in [0.2, 0.25) is 0 Å². The van der Waals surface area contributed by atoms with Crippen LogP contribution >= 0.6 is 0 Å². The van der Waals surface area contributed by atoms with E-state index in [0.717, 1.165) is 31.2 Å². The number of rotatable bonds is 19. The molecule has 0 heterocycles. The Labute approximate surface area is 248 Å². The molecule has 1 aromatic rings. The second-order valence-electron chi connectivity index (χ2n) is 11.0. The molecule has 1 fully saturated rings. The van der Waals surface area contributed by atoms with Crippen molar-refractivity contribution in [3.63, 3.8) is 0 Å². The Bertz CT molecular complexity index is 1030. The minimum absolute atomic E-state index is 0.0753. The normalized spacial score (nSPS) is 16.0. The van der Waals surface area contributed by atoms with Crippen molar-refractivity contribution in [3.8, 4) is 0 Å². The number of nitrogens with one attached hydrogen (secondary N) is 3. The lowest BCUT2D eigenvalue weighted by Gasteiger charge is -2.27. The van der Waals surface area contributed by atoms with E-state index in [1.54, 1.807) is 0 Å². The molecule has 13 nitrogen and oxygen atoms in total. The van der Waals surface area contributed by atoms with Gasteiger partial charge in [0.25, 0.3) is 0 Å². The van der Waals surface area contributed by atoms with E-state index in [-0.39, 0.29) is 24.8 Å². The van der Waals surface area contributed by atoms with Crippen LogP contribution in [0.1, 0.15) is 69.8 Å². The summed E-state index contributed by atoms with van der Waals surface area (Å²) < 4.78 is 0. The zero-order valence-corrected chi connectivity index (χ0v) is 24.4. The highest BCUT2D eigenvalue weighted by atomic mass is 16.2. The molecule has 42 heavy (non-hydrogen) atoms. The Balaban J connectivity index is 2.16. The minimum Gasteiger partial charge on any atom is -0.370 e. The van der Waals surface area contributed by atoms with E-state index < -0.39 is 47.8 Å². The molecule has 1 aromatic carbocycles. The maximum atomic E-state index is 13.6. The Kier molecular flexibility index (Phi) is 15.3. The van der Waals surface area contributed by atoms with Crippen molar-refractivity contribution in [1.82, 2.24) is 16.0 Å². The van der Waals surface area contributed by atoms with Crippen LogP contribution in [0.15, 0.2) is 35.3 Å². The van der Waals surface area contributed by atoms with E-state index in [1.165, 1.54) is 0 Å². The van der Waals surface area contributed by atoms with Crippen molar-refractivity contribution in [1.29, 1.82) is 0 Å². The van der Waals surface area contributed by atoms with Crippen LogP contribution in [0.4, 0.5) is 0 Å². The summed E-state index contributed by atoms with van der Waals surface area (Å²) in [5.74, 6) is -1.99. The number of amides is 4. The maximum Gasteiger partial charge on any atom is 0.243 e. The fourth-order valence-corrected chi connectivity index (χ4v) is 5.15. The van der Waals surface area contributed by atoms with Gasteiger partial charge in [-0.1, -0.05) is 56.0 Å². The molecule has 1 saturated carbocycles. The number of hydrogen-bond acceptors (Lipinski definition) is 7. The predicted octanol–water partition coefficient (Wildman–Crippen LogP) is -0.741. The number of hydrogen-bond donors (Lipinski definition) is 8. The lowest BCUT2D eigenvalue weighted by Crippen LogP contribution is -2.58. The molecule has 2 rings (SSSR count). The molecule has 0 aliphatic heterocycles. The van der Waals surface area contributed by atoms with Crippen LogP contribution in [-0.2, 0) is 25.6 Å². The molecule has 1 aliphatic carbocycles. The van der Waals surface area contributed by atoms with Crippen molar-refractivity contribution < 1.29 is 19.2 Å². The molecule has 234 valence electrons. The summed E-state index contributed by atoms with van der Waals surface area (Å²) in [5.41, 5.74) is 29.0. The molecular weight excluding hydrogens is 538 g/mol. The largest absolute Gasteiger partial charge is 0.370 e. The summed E-state index contributed by atoms with van der Waals surface area (Å²) in [4.78, 5) is 56.0. The summed E-state index contributed by atoms with van der Waals surface area (Å²) in [5, 5.41) is 8.31. The second-order valence-corrected chi connectivity index (χ2v) is 11.0. The highest BCUT2D eigenvalue weighted by Crippen LogP contribution is 2.28. The summed E-state index contributed by atoms with van der Waals surface area (Å²) in [7, 11) is 0. The smallest absolute Gasteiger partial charge is 0.243 e. The number of nitrogens with zero attached hydrogens (tertiary/aromatic N) is 1. The molecule has 1 aliphatic rings. The van der Waals surface area contributed by atoms with Gasteiger partial charge in [-0.15, -0.1) is 0 Å². The first-order valence-electron chi connectivity index (χ1n) is 14.9. The monoisotopic (exact) mass is 587 g/mol. The molecule has 13 heteroatoms. The van der Waals surface area contributed by atoms with E-state index >= 15 is 0 Å². The molecule has 4 amide bonds.